The maximum Gasteiger partial charge on any atom is 0.125 e. The first-order valence-corrected chi connectivity index (χ1v) is 5.32. The molecule has 0 fully saturated rings. The van der Waals surface area contributed by atoms with Crippen LogP contribution in [0.4, 0.5) is 0 Å². The van der Waals surface area contributed by atoms with Gasteiger partial charge in [0.15, 0.2) is 0 Å². The normalized spacial score (nSPS) is 10.6. The smallest absolute Gasteiger partial charge is 0.125 e. The quantitative estimate of drug-likeness (QED) is 0.624. The second kappa shape index (κ2) is 6.69. The maximum atomic E-state index is 5.21. The Morgan fingerprint density at radius 2 is 2.31 bits per heavy atom. The molecule has 2 nitrogen and oxygen atoms in total. The fraction of sp³-hybridized carbons (Fsp3) is 0.0769. The van der Waals surface area contributed by atoms with E-state index in [1.165, 1.54) is 0 Å². The van der Waals surface area contributed by atoms with Gasteiger partial charge in [-0.3, -0.25) is 4.98 Å². The van der Waals surface area contributed by atoms with Gasteiger partial charge in [-0.15, -0.1) is 0 Å². The first-order chi connectivity index (χ1) is 7.77. The Kier molecular flexibility index (Phi) is 5.16. The third-order valence-electron chi connectivity index (χ3n) is 1.94. The third-order valence-corrected chi connectivity index (χ3v) is 2.30. The molecule has 0 saturated heterocycles. The van der Waals surface area contributed by atoms with Gasteiger partial charge >= 0.3 is 0 Å². The van der Waals surface area contributed by atoms with Gasteiger partial charge in [-0.2, -0.15) is 0 Å². The van der Waals surface area contributed by atoms with E-state index in [9.17, 15) is 0 Å². The average Bonchev–Trinajstić information content (AvgIpc) is 2.35. The standard InChI is InChI=1S/C13H14N2S.H2/c1-3-7-11(4-2)10-15-13(16)12-8-5-6-9-14-12;/h3-9H,1-2,10H2,(H,15,16);1H/b11-7+;. The minimum absolute atomic E-state index is 0. The Morgan fingerprint density at radius 1 is 1.50 bits per heavy atom. The van der Waals surface area contributed by atoms with Gasteiger partial charge in [0.1, 0.15) is 4.99 Å². The summed E-state index contributed by atoms with van der Waals surface area (Å²) in [5.41, 5.74) is 1.81. The summed E-state index contributed by atoms with van der Waals surface area (Å²) < 4.78 is 0. The lowest BCUT2D eigenvalue weighted by Gasteiger charge is -2.07. The lowest BCUT2D eigenvalue weighted by Crippen LogP contribution is -2.24. The van der Waals surface area contributed by atoms with Crippen molar-refractivity contribution in [2.45, 2.75) is 0 Å². The van der Waals surface area contributed by atoms with Gasteiger partial charge in [0, 0.05) is 14.2 Å². The van der Waals surface area contributed by atoms with E-state index < -0.39 is 0 Å². The van der Waals surface area contributed by atoms with Crippen LogP contribution in [-0.4, -0.2) is 16.5 Å². The number of hydrogen-bond acceptors (Lipinski definition) is 2. The van der Waals surface area contributed by atoms with Crippen LogP contribution in [0.25, 0.3) is 0 Å². The number of thiocarbonyl (C=S) groups is 1. The maximum absolute atomic E-state index is 5.21. The lowest BCUT2D eigenvalue weighted by molar-refractivity contribution is 1.02. The Hall–Kier alpha value is -1.74. The van der Waals surface area contributed by atoms with Gasteiger partial charge in [0.2, 0.25) is 0 Å². The molecule has 0 bridgehead atoms. The highest BCUT2D eigenvalue weighted by molar-refractivity contribution is 7.80. The molecular formula is C13H16N2S. The molecule has 0 atom stereocenters. The van der Waals surface area contributed by atoms with E-state index in [1.54, 1.807) is 18.3 Å². The van der Waals surface area contributed by atoms with Gasteiger partial charge in [-0.25, -0.2) is 0 Å². The van der Waals surface area contributed by atoms with Crippen molar-refractivity contribution in [1.29, 1.82) is 0 Å². The molecule has 1 aromatic rings. The molecule has 84 valence electrons. The van der Waals surface area contributed by atoms with Crippen LogP contribution in [-0.2, 0) is 0 Å². The molecule has 0 amide bonds. The zero-order valence-corrected chi connectivity index (χ0v) is 9.83. The van der Waals surface area contributed by atoms with Crippen LogP contribution in [0.5, 0.6) is 0 Å². The summed E-state index contributed by atoms with van der Waals surface area (Å²) in [6.45, 7) is 7.98. The Balaban J connectivity index is 0.00000256. The number of aromatic nitrogens is 1. The van der Waals surface area contributed by atoms with Crippen molar-refractivity contribution in [3.63, 3.8) is 0 Å². The fourth-order valence-corrected chi connectivity index (χ4v) is 1.31. The van der Waals surface area contributed by atoms with Crippen molar-refractivity contribution in [2.75, 3.05) is 6.54 Å². The van der Waals surface area contributed by atoms with Crippen LogP contribution in [0.3, 0.4) is 0 Å². The second-order valence-electron chi connectivity index (χ2n) is 3.08. The Morgan fingerprint density at radius 3 is 2.88 bits per heavy atom. The molecular weight excluding hydrogens is 216 g/mol. The molecule has 1 aromatic heterocycles. The van der Waals surface area contributed by atoms with E-state index in [2.05, 4.69) is 23.5 Å². The highest BCUT2D eigenvalue weighted by Gasteiger charge is 2.00. The van der Waals surface area contributed by atoms with E-state index in [-0.39, 0.29) is 1.43 Å². The molecule has 1 N–H and O–H groups in total. The van der Waals surface area contributed by atoms with E-state index >= 15 is 0 Å². The van der Waals surface area contributed by atoms with Crippen molar-refractivity contribution in [1.82, 2.24) is 10.3 Å². The molecule has 1 rings (SSSR count). The van der Waals surface area contributed by atoms with Crippen LogP contribution in [0, 0.1) is 0 Å². The number of nitrogens with one attached hydrogen (secondary N) is 1. The molecule has 3 heteroatoms. The van der Waals surface area contributed by atoms with Crippen LogP contribution < -0.4 is 5.32 Å². The number of rotatable bonds is 5. The summed E-state index contributed by atoms with van der Waals surface area (Å²) in [5.74, 6) is 0. The van der Waals surface area contributed by atoms with Gasteiger partial charge in [-0.1, -0.05) is 49.7 Å². The number of hydrogen-bond donors (Lipinski definition) is 1. The molecule has 1 heterocycles. The highest BCUT2D eigenvalue weighted by Crippen LogP contribution is 1.98. The Labute approximate surface area is 103 Å². The number of nitrogens with zero attached hydrogens (tertiary/aromatic N) is 1. The van der Waals surface area contributed by atoms with Crippen molar-refractivity contribution < 1.29 is 1.43 Å². The molecule has 0 aromatic carbocycles. The zero-order chi connectivity index (χ0) is 11.8. The van der Waals surface area contributed by atoms with Crippen molar-refractivity contribution in [3.8, 4) is 0 Å². The fourth-order valence-electron chi connectivity index (χ4n) is 1.12. The lowest BCUT2D eigenvalue weighted by atomic mass is 10.2. The van der Waals surface area contributed by atoms with Crippen LogP contribution in [0.1, 0.15) is 7.12 Å². The van der Waals surface area contributed by atoms with E-state index in [1.807, 2.05) is 24.3 Å². The number of allylic oxidation sites excluding steroid dienone is 2. The first kappa shape index (κ1) is 12.3. The SMILES string of the molecule is C=C/C=C(\C=C)CNC(=S)c1ccccn1.[HH]. The molecule has 0 unspecified atom stereocenters. The van der Waals surface area contributed by atoms with Crippen molar-refractivity contribution in [2.24, 2.45) is 0 Å². The van der Waals surface area contributed by atoms with Gasteiger partial charge in [-0.05, 0) is 17.7 Å². The molecule has 0 spiro atoms. The van der Waals surface area contributed by atoms with Gasteiger partial charge < -0.3 is 5.32 Å². The largest absolute Gasteiger partial charge is 0.370 e. The molecule has 16 heavy (non-hydrogen) atoms. The first-order valence-electron chi connectivity index (χ1n) is 4.91. The summed E-state index contributed by atoms with van der Waals surface area (Å²) >= 11 is 5.21. The second-order valence-corrected chi connectivity index (χ2v) is 3.49. The van der Waals surface area contributed by atoms with Crippen molar-refractivity contribution >= 4 is 17.2 Å². The van der Waals surface area contributed by atoms with Crippen LogP contribution >= 0.6 is 12.2 Å². The predicted molar refractivity (Wildman–Crippen MR) is 74.5 cm³/mol. The minimum atomic E-state index is 0. The topological polar surface area (TPSA) is 24.9 Å². The molecule has 0 saturated carbocycles. The molecule has 0 aliphatic carbocycles. The minimum Gasteiger partial charge on any atom is -0.370 e. The van der Waals surface area contributed by atoms with Crippen LogP contribution in [0.15, 0.2) is 61.4 Å². The Bertz CT molecular complexity index is 413. The monoisotopic (exact) mass is 232 g/mol. The molecule has 0 radical (unpaired) electrons. The summed E-state index contributed by atoms with van der Waals surface area (Å²) in [7, 11) is 0. The van der Waals surface area contributed by atoms with Gasteiger partial charge in [0.05, 0.1) is 5.69 Å². The summed E-state index contributed by atoms with van der Waals surface area (Å²) in [6, 6.07) is 5.64. The van der Waals surface area contributed by atoms with Crippen molar-refractivity contribution in [3.05, 3.63) is 67.0 Å². The molecule has 0 aliphatic heterocycles. The zero-order valence-electron chi connectivity index (χ0n) is 9.02. The molecule has 0 aliphatic rings. The van der Waals surface area contributed by atoms with E-state index in [0.29, 0.717) is 11.5 Å². The summed E-state index contributed by atoms with van der Waals surface area (Å²) in [5, 5.41) is 3.12. The highest BCUT2D eigenvalue weighted by atomic mass is 32.1. The van der Waals surface area contributed by atoms with Crippen LogP contribution in [0.2, 0.25) is 0 Å². The predicted octanol–water partition coefficient (Wildman–Crippen LogP) is 2.89. The number of pyridine rings is 1. The van der Waals surface area contributed by atoms with Gasteiger partial charge in [0.25, 0.3) is 0 Å². The van der Waals surface area contributed by atoms with E-state index in [0.717, 1.165) is 11.3 Å². The van der Waals surface area contributed by atoms with E-state index in [4.69, 9.17) is 12.2 Å². The summed E-state index contributed by atoms with van der Waals surface area (Å²) in [4.78, 5) is 4.80. The average molecular weight is 232 g/mol. The summed E-state index contributed by atoms with van der Waals surface area (Å²) in [6.07, 6.45) is 7.11. The third kappa shape index (κ3) is 3.79.